The molecule has 4 aromatic carbocycles. The second-order valence-corrected chi connectivity index (χ2v) is 14.0. The van der Waals surface area contributed by atoms with Crippen LogP contribution in [0.1, 0.15) is 68.3 Å². The van der Waals surface area contributed by atoms with E-state index in [-0.39, 0.29) is 17.5 Å². The maximum Gasteiger partial charge on any atom is 0.336 e. The van der Waals surface area contributed by atoms with Crippen molar-refractivity contribution in [3.8, 4) is 16.9 Å². The molecule has 3 heterocycles. The van der Waals surface area contributed by atoms with Crippen LogP contribution in [0, 0.1) is 27.7 Å². The number of aromatic nitrogens is 3. The van der Waals surface area contributed by atoms with Gasteiger partial charge in [0.25, 0.3) is 5.91 Å². The van der Waals surface area contributed by atoms with Crippen LogP contribution in [0.4, 0.5) is 5.69 Å². The smallest absolute Gasteiger partial charge is 0.336 e. The number of rotatable bonds is 8. The molecule has 0 saturated carbocycles. The fraction of sp³-hybridized carbons (Fsp3) is 0.275. The van der Waals surface area contributed by atoms with Crippen molar-refractivity contribution in [2.45, 2.75) is 53.5 Å². The number of nitrogens with zero attached hydrogens (tertiary/aromatic N) is 4. The van der Waals surface area contributed by atoms with E-state index in [0.717, 1.165) is 66.3 Å². The van der Waals surface area contributed by atoms with Gasteiger partial charge in [-0.1, -0.05) is 53.5 Å². The van der Waals surface area contributed by atoms with Crippen LogP contribution in [0.5, 0.6) is 5.75 Å². The number of benzene rings is 4. The predicted molar refractivity (Wildman–Crippen MR) is 201 cm³/mol. The normalized spacial score (nSPS) is 14.5. The summed E-state index contributed by atoms with van der Waals surface area (Å²) < 4.78 is 10.2. The number of carbonyl (C=O) groups is 2. The third kappa shape index (κ3) is 5.42. The molecule has 1 aliphatic rings. The number of fused-ring (bicyclic) bond motifs is 4. The molecule has 0 spiro atoms. The lowest BCUT2D eigenvalue weighted by molar-refractivity contribution is 0.0698. The lowest BCUT2D eigenvalue weighted by Gasteiger charge is -2.35. The van der Waals surface area contributed by atoms with Crippen LogP contribution in [0.15, 0.2) is 60.7 Å². The van der Waals surface area contributed by atoms with E-state index < -0.39 is 5.97 Å². The van der Waals surface area contributed by atoms with Gasteiger partial charge in [0.15, 0.2) is 0 Å². The largest absolute Gasteiger partial charge is 0.494 e. The van der Waals surface area contributed by atoms with E-state index in [9.17, 15) is 14.7 Å². The Balaban J connectivity index is 1.39. The Hall–Kier alpha value is -4.79. The van der Waals surface area contributed by atoms with Crippen molar-refractivity contribution in [2.75, 3.05) is 18.1 Å². The summed E-state index contributed by atoms with van der Waals surface area (Å²) in [5, 5.41) is 18.4. The summed E-state index contributed by atoms with van der Waals surface area (Å²) in [5.41, 5.74) is 8.67. The summed E-state index contributed by atoms with van der Waals surface area (Å²) in [7, 11) is 1.92. The van der Waals surface area contributed by atoms with Crippen LogP contribution in [0.2, 0.25) is 10.0 Å². The van der Waals surface area contributed by atoms with Crippen molar-refractivity contribution < 1.29 is 19.4 Å². The molecule has 0 fully saturated rings. The molecule has 0 radical (unpaired) electrons. The van der Waals surface area contributed by atoms with Crippen LogP contribution in [0.3, 0.4) is 0 Å². The Morgan fingerprint density at radius 2 is 1.70 bits per heavy atom. The van der Waals surface area contributed by atoms with Crippen molar-refractivity contribution in [3.05, 3.63) is 110 Å². The summed E-state index contributed by atoms with van der Waals surface area (Å²) in [5.74, 6) is -0.470. The van der Waals surface area contributed by atoms with Crippen molar-refractivity contribution >= 4 is 62.4 Å². The molecular weight excluding hydrogens is 671 g/mol. The van der Waals surface area contributed by atoms with Gasteiger partial charge in [-0.05, 0) is 99.9 Å². The first-order valence-corrected chi connectivity index (χ1v) is 17.5. The molecule has 2 aromatic heterocycles. The number of amides is 1. The third-order valence-electron chi connectivity index (χ3n) is 9.97. The predicted octanol–water partition coefficient (Wildman–Crippen LogP) is 9.67. The van der Waals surface area contributed by atoms with Crippen molar-refractivity contribution in [1.82, 2.24) is 14.3 Å². The molecule has 256 valence electrons. The molecule has 1 N–H and O–H groups in total. The first-order chi connectivity index (χ1) is 23.9. The lowest BCUT2D eigenvalue weighted by atomic mass is 9.98. The molecular formula is C40H38Cl2N4O4. The number of anilines is 1. The quantitative estimate of drug-likeness (QED) is 0.159. The Kier molecular flexibility index (Phi) is 8.65. The topological polar surface area (TPSA) is 89.6 Å². The highest BCUT2D eigenvalue weighted by Crippen LogP contribution is 2.45. The number of carbonyl (C=O) groups excluding carboxylic acids is 1. The van der Waals surface area contributed by atoms with Crippen LogP contribution < -0.4 is 9.64 Å². The standard InChI is InChI=1S/C40H38Cl2N4O4/c1-21-18-27(19-22(2)36(21)42)50-17-9-13-28-29-15-16-31(41)35(33-24(4)43-44(6)25(33)5)37(29)46-23(3)20-45(39(47)38(28)46)32-14-8-11-26-10-7-12-30(34(26)32)40(48)49/h7-8,10-12,14-16,18-19,23H,9,13,17,20H2,1-6H3,(H,48,49)/t23-/m1/s1. The Labute approximate surface area is 300 Å². The minimum absolute atomic E-state index is 0.159. The minimum atomic E-state index is -1.04. The van der Waals surface area contributed by atoms with Crippen LogP contribution in [0.25, 0.3) is 32.8 Å². The average Bonchev–Trinajstić information content (AvgIpc) is 3.55. The molecule has 0 aliphatic carbocycles. The number of halogens is 2. The zero-order valence-electron chi connectivity index (χ0n) is 28.9. The van der Waals surface area contributed by atoms with Gasteiger partial charge < -0.3 is 19.3 Å². The number of carboxylic acid groups (broad SMARTS) is 1. The number of aromatic carboxylic acids is 1. The van der Waals surface area contributed by atoms with Gasteiger partial charge in [-0.2, -0.15) is 5.10 Å². The van der Waals surface area contributed by atoms with E-state index in [2.05, 4.69) is 11.5 Å². The lowest BCUT2D eigenvalue weighted by Crippen LogP contribution is -2.43. The number of hydrogen-bond donors (Lipinski definition) is 1. The van der Waals surface area contributed by atoms with E-state index in [1.807, 2.05) is 88.0 Å². The Morgan fingerprint density at radius 3 is 2.36 bits per heavy atom. The third-order valence-corrected chi connectivity index (χ3v) is 10.9. The van der Waals surface area contributed by atoms with Crippen molar-refractivity contribution in [3.63, 3.8) is 0 Å². The van der Waals surface area contributed by atoms with Gasteiger partial charge in [0, 0.05) is 52.3 Å². The summed E-state index contributed by atoms with van der Waals surface area (Å²) in [6, 6.07) is 18.4. The second kappa shape index (κ2) is 12.8. The number of carboxylic acids is 1. The molecule has 10 heteroatoms. The molecule has 8 nitrogen and oxygen atoms in total. The summed E-state index contributed by atoms with van der Waals surface area (Å²) in [4.78, 5) is 29.1. The highest BCUT2D eigenvalue weighted by molar-refractivity contribution is 6.35. The number of ether oxygens (including phenoxy) is 1. The summed E-state index contributed by atoms with van der Waals surface area (Å²) in [6.07, 6.45) is 1.22. The first kappa shape index (κ1) is 33.7. The van der Waals surface area contributed by atoms with Crippen molar-refractivity contribution in [1.29, 1.82) is 0 Å². The molecule has 1 atom stereocenters. The van der Waals surface area contributed by atoms with Crippen LogP contribution in [-0.2, 0) is 13.5 Å². The highest BCUT2D eigenvalue weighted by atomic mass is 35.5. The highest BCUT2D eigenvalue weighted by Gasteiger charge is 2.37. The zero-order valence-corrected chi connectivity index (χ0v) is 30.4. The molecule has 0 saturated heterocycles. The maximum absolute atomic E-state index is 15.0. The van der Waals surface area contributed by atoms with E-state index >= 15 is 0 Å². The minimum Gasteiger partial charge on any atom is -0.494 e. The summed E-state index contributed by atoms with van der Waals surface area (Å²) >= 11 is 13.5. The first-order valence-electron chi connectivity index (χ1n) is 16.7. The fourth-order valence-corrected chi connectivity index (χ4v) is 8.02. The number of aryl methyl sites for hydroxylation is 5. The van der Waals surface area contributed by atoms with Gasteiger partial charge in [0.1, 0.15) is 11.4 Å². The van der Waals surface area contributed by atoms with Gasteiger partial charge in [-0.15, -0.1) is 0 Å². The molecule has 1 aliphatic heterocycles. The van der Waals surface area contributed by atoms with E-state index in [0.29, 0.717) is 47.8 Å². The molecule has 0 bridgehead atoms. The SMILES string of the molecule is Cc1cc(OCCCc2c3n(c4c(-c5c(C)nn(C)c5C)c(Cl)ccc24)[C@H](C)CN(c2cccc4cccc(C(=O)O)c24)C3=O)cc(C)c1Cl. The second-order valence-electron chi connectivity index (χ2n) is 13.3. The van der Waals surface area contributed by atoms with Crippen LogP contribution >= 0.6 is 23.2 Å². The number of hydrogen-bond acceptors (Lipinski definition) is 4. The molecule has 0 unspecified atom stereocenters. The maximum atomic E-state index is 15.0. The summed E-state index contributed by atoms with van der Waals surface area (Å²) in [6.45, 7) is 10.8. The zero-order chi connectivity index (χ0) is 35.6. The fourth-order valence-electron chi connectivity index (χ4n) is 7.66. The van der Waals surface area contributed by atoms with Crippen LogP contribution in [-0.4, -0.2) is 44.5 Å². The molecule has 50 heavy (non-hydrogen) atoms. The average molecular weight is 710 g/mol. The van der Waals surface area contributed by atoms with E-state index in [1.165, 1.54) is 0 Å². The van der Waals surface area contributed by atoms with Gasteiger partial charge >= 0.3 is 5.97 Å². The Morgan fingerprint density at radius 1 is 1.00 bits per heavy atom. The van der Waals surface area contributed by atoms with Gasteiger partial charge in [0.05, 0.1) is 34.1 Å². The van der Waals surface area contributed by atoms with Gasteiger partial charge in [0.2, 0.25) is 0 Å². The van der Waals surface area contributed by atoms with Gasteiger partial charge in [-0.3, -0.25) is 9.48 Å². The monoisotopic (exact) mass is 708 g/mol. The van der Waals surface area contributed by atoms with Gasteiger partial charge in [-0.25, -0.2) is 4.79 Å². The Bertz CT molecular complexity index is 2350. The van der Waals surface area contributed by atoms with E-state index in [1.54, 1.807) is 17.0 Å². The molecule has 1 amide bonds. The van der Waals surface area contributed by atoms with E-state index in [4.69, 9.17) is 33.0 Å². The molecule has 6 aromatic rings. The van der Waals surface area contributed by atoms with Crippen molar-refractivity contribution in [2.24, 2.45) is 7.05 Å². The molecule has 7 rings (SSSR count).